The highest BCUT2D eigenvalue weighted by molar-refractivity contribution is 9.10. The van der Waals surface area contributed by atoms with Crippen molar-refractivity contribution < 1.29 is 9.72 Å². The van der Waals surface area contributed by atoms with Crippen LogP contribution >= 0.6 is 27.3 Å². The van der Waals surface area contributed by atoms with E-state index in [2.05, 4.69) is 31.2 Å². The van der Waals surface area contributed by atoms with E-state index in [4.69, 9.17) is 0 Å². The molecular weight excluding hydrogens is 384 g/mol. The Bertz CT molecular complexity index is 890. The Balaban J connectivity index is 1.75. The highest BCUT2D eigenvalue weighted by Crippen LogP contribution is 2.25. The van der Waals surface area contributed by atoms with E-state index in [0.717, 1.165) is 27.1 Å². The fraction of sp³-hybridized carbons (Fsp3) is 0. The molecule has 3 aromatic rings. The molecule has 2 aromatic heterocycles. The van der Waals surface area contributed by atoms with Crippen LogP contribution in [-0.2, 0) is 0 Å². The third-order valence-corrected chi connectivity index (χ3v) is 4.47. The van der Waals surface area contributed by atoms with E-state index >= 15 is 0 Å². The number of thiophene rings is 1. The van der Waals surface area contributed by atoms with Crippen LogP contribution in [0.4, 0.5) is 10.9 Å². The van der Waals surface area contributed by atoms with Crippen molar-refractivity contribution in [2.45, 2.75) is 0 Å². The zero-order chi connectivity index (χ0) is 16.4. The van der Waals surface area contributed by atoms with Crippen LogP contribution in [0.15, 0.2) is 47.1 Å². The van der Waals surface area contributed by atoms with Crippen molar-refractivity contribution >= 4 is 44.1 Å². The van der Waals surface area contributed by atoms with Gasteiger partial charge in [-0.3, -0.25) is 20.2 Å². The molecule has 2 heterocycles. The molecule has 0 saturated carbocycles. The predicted molar refractivity (Wildman–Crippen MR) is 90.7 cm³/mol. The van der Waals surface area contributed by atoms with Crippen molar-refractivity contribution in [1.29, 1.82) is 0 Å². The third kappa shape index (κ3) is 3.46. The normalized spacial score (nSPS) is 10.5. The lowest BCUT2D eigenvalue weighted by Crippen LogP contribution is -2.11. The first kappa shape index (κ1) is 15.4. The number of carbonyl (C=O) groups excluding carboxylic acids is 1. The molecule has 0 spiro atoms. The van der Waals surface area contributed by atoms with E-state index in [1.165, 1.54) is 12.1 Å². The molecule has 1 aromatic carbocycles. The summed E-state index contributed by atoms with van der Waals surface area (Å²) in [6, 6.07) is 10.3. The van der Waals surface area contributed by atoms with Crippen molar-refractivity contribution in [1.82, 2.24) is 9.97 Å². The smallest absolute Gasteiger partial charge is 0.324 e. The summed E-state index contributed by atoms with van der Waals surface area (Å²) >= 11 is 4.21. The molecule has 9 heteroatoms. The van der Waals surface area contributed by atoms with Crippen LogP contribution in [0.25, 0.3) is 11.3 Å². The van der Waals surface area contributed by atoms with Crippen molar-refractivity contribution in [3.63, 3.8) is 0 Å². The lowest BCUT2D eigenvalue weighted by molar-refractivity contribution is -0.380. The molecular formula is C14H9BrN4O3S. The summed E-state index contributed by atoms with van der Waals surface area (Å²) < 4.78 is 0.932. The van der Waals surface area contributed by atoms with Gasteiger partial charge in [0.2, 0.25) is 5.95 Å². The number of imidazole rings is 1. The van der Waals surface area contributed by atoms with Gasteiger partial charge in [0.05, 0.1) is 21.7 Å². The standard InChI is InChI=1S/C14H9BrN4O3S/c15-9-3-1-2-8(6-9)10-7-16-14(17-10)18-13(20)11-4-5-12(23-11)19(21)22/h1-7H,(H2,16,17,18,20). The molecule has 23 heavy (non-hydrogen) atoms. The Labute approximate surface area is 142 Å². The summed E-state index contributed by atoms with van der Waals surface area (Å²) in [6.45, 7) is 0. The molecule has 7 nitrogen and oxygen atoms in total. The maximum atomic E-state index is 12.1. The summed E-state index contributed by atoms with van der Waals surface area (Å²) in [7, 11) is 0. The van der Waals surface area contributed by atoms with E-state index in [9.17, 15) is 14.9 Å². The largest absolute Gasteiger partial charge is 0.324 e. The quantitative estimate of drug-likeness (QED) is 0.516. The number of halogens is 1. The van der Waals surface area contributed by atoms with E-state index in [1.807, 2.05) is 24.3 Å². The van der Waals surface area contributed by atoms with E-state index < -0.39 is 10.8 Å². The molecule has 0 atom stereocenters. The highest BCUT2D eigenvalue weighted by atomic mass is 79.9. The van der Waals surface area contributed by atoms with Crippen LogP contribution in [0.2, 0.25) is 0 Å². The van der Waals surface area contributed by atoms with Gasteiger partial charge in [-0.05, 0) is 18.2 Å². The molecule has 0 bridgehead atoms. The Hall–Kier alpha value is -2.52. The molecule has 0 saturated heterocycles. The number of anilines is 1. The molecule has 2 N–H and O–H groups in total. The average Bonchev–Trinajstić information content (AvgIpc) is 3.16. The number of hydrogen-bond donors (Lipinski definition) is 2. The van der Waals surface area contributed by atoms with Gasteiger partial charge in [0.1, 0.15) is 0 Å². The second-order valence-electron chi connectivity index (χ2n) is 4.50. The molecule has 0 radical (unpaired) electrons. The van der Waals surface area contributed by atoms with Crippen LogP contribution < -0.4 is 5.32 Å². The zero-order valence-corrected chi connectivity index (χ0v) is 13.8. The molecule has 0 fully saturated rings. The Kier molecular flexibility index (Phi) is 4.22. The first-order chi connectivity index (χ1) is 11.0. The minimum atomic E-state index is -0.528. The molecule has 0 aliphatic carbocycles. The monoisotopic (exact) mass is 392 g/mol. The SMILES string of the molecule is O=C(Nc1ncc(-c2cccc(Br)c2)[nH]1)c1ccc([N+](=O)[O-])s1. The summed E-state index contributed by atoms with van der Waals surface area (Å²) in [4.78, 5) is 29.5. The number of aromatic nitrogens is 2. The molecule has 3 rings (SSSR count). The number of nitrogens with one attached hydrogen (secondary N) is 2. The topological polar surface area (TPSA) is 101 Å². The Morgan fingerprint density at radius 3 is 2.87 bits per heavy atom. The number of H-pyrrole nitrogens is 1. The van der Waals surface area contributed by atoms with Gasteiger partial charge in [0, 0.05) is 16.1 Å². The maximum absolute atomic E-state index is 12.1. The van der Waals surface area contributed by atoms with Crippen LogP contribution in [0.3, 0.4) is 0 Å². The zero-order valence-electron chi connectivity index (χ0n) is 11.4. The maximum Gasteiger partial charge on any atom is 0.324 e. The molecule has 0 unspecified atom stereocenters. The number of benzene rings is 1. The molecule has 0 aliphatic heterocycles. The van der Waals surface area contributed by atoms with E-state index in [0.29, 0.717) is 0 Å². The minimum Gasteiger partial charge on any atom is -0.324 e. The number of hydrogen-bond acceptors (Lipinski definition) is 5. The van der Waals surface area contributed by atoms with Crippen LogP contribution in [0, 0.1) is 10.1 Å². The van der Waals surface area contributed by atoms with Crippen LogP contribution in [0.5, 0.6) is 0 Å². The second-order valence-corrected chi connectivity index (χ2v) is 6.48. The van der Waals surface area contributed by atoms with Crippen LogP contribution in [0.1, 0.15) is 9.67 Å². The number of aromatic amines is 1. The summed E-state index contributed by atoms with van der Waals surface area (Å²) in [5.41, 5.74) is 1.66. The average molecular weight is 393 g/mol. The van der Waals surface area contributed by atoms with Gasteiger partial charge in [-0.25, -0.2) is 4.98 Å². The fourth-order valence-electron chi connectivity index (χ4n) is 1.90. The van der Waals surface area contributed by atoms with Gasteiger partial charge in [0.15, 0.2) is 0 Å². The third-order valence-electron chi connectivity index (χ3n) is 2.94. The predicted octanol–water partition coefficient (Wildman–Crippen LogP) is 4.06. The Morgan fingerprint density at radius 2 is 2.17 bits per heavy atom. The first-order valence-corrected chi connectivity index (χ1v) is 8.00. The molecule has 1 amide bonds. The van der Waals surface area contributed by atoms with E-state index in [1.54, 1.807) is 6.20 Å². The number of nitrogens with zero attached hydrogens (tertiary/aromatic N) is 2. The van der Waals surface area contributed by atoms with Gasteiger partial charge in [-0.2, -0.15) is 0 Å². The van der Waals surface area contributed by atoms with Gasteiger partial charge >= 0.3 is 5.00 Å². The number of rotatable bonds is 4. The first-order valence-electron chi connectivity index (χ1n) is 6.39. The minimum absolute atomic E-state index is 0.0792. The van der Waals surface area contributed by atoms with Gasteiger partial charge in [-0.1, -0.05) is 39.4 Å². The molecule has 116 valence electrons. The van der Waals surface area contributed by atoms with Crippen LogP contribution in [-0.4, -0.2) is 20.8 Å². The highest BCUT2D eigenvalue weighted by Gasteiger charge is 2.16. The van der Waals surface area contributed by atoms with Gasteiger partial charge in [-0.15, -0.1) is 0 Å². The van der Waals surface area contributed by atoms with Gasteiger partial charge in [0.25, 0.3) is 5.91 Å². The van der Waals surface area contributed by atoms with Crippen molar-refractivity contribution in [2.75, 3.05) is 5.32 Å². The molecule has 0 aliphatic rings. The second kappa shape index (κ2) is 6.31. The summed E-state index contributed by atoms with van der Waals surface area (Å²) in [5, 5.41) is 13.2. The lowest BCUT2D eigenvalue weighted by atomic mass is 10.2. The van der Waals surface area contributed by atoms with Gasteiger partial charge < -0.3 is 4.98 Å². The van der Waals surface area contributed by atoms with Crippen molar-refractivity contribution in [3.8, 4) is 11.3 Å². The lowest BCUT2D eigenvalue weighted by Gasteiger charge is -2.00. The number of amides is 1. The van der Waals surface area contributed by atoms with E-state index in [-0.39, 0.29) is 15.8 Å². The summed E-state index contributed by atoms with van der Waals surface area (Å²) in [6.07, 6.45) is 1.61. The summed E-state index contributed by atoms with van der Waals surface area (Å²) in [5.74, 6) is -0.167. The fourth-order valence-corrected chi connectivity index (χ4v) is 3.02. The number of nitro groups is 1. The number of carbonyl (C=O) groups is 1. The Morgan fingerprint density at radius 1 is 1.35 bits per heavy atom. The van der Waals surface area contributed by atoms with Crippen molar-refractivity contribution in [2.24, 2.45) is 0 Å². The van der Waals surface area contributed by atoms with Crippen molar-refractivity contribution in [3.05, 3.63) is 62.1 Å².